The van der Waals surface area contributed by atoms with Crippen LogP contribution >= 0.6 is 23.4 Å². The number of thioether (sulfide) groups is 1. The van der Waals surface area contributed by atoms with Gasteiger partial charge in [-0.3, -0.25) is 0 Å². The standard InChI is InChI=1S/C14H13ClFNS/c15-13-2-1-3-14(16)12(13)9-18-8-10-4-6-11(17)7-5-10/h1-7H,8-9,17H2. The van der Waals surface area contributed by atoms with Crippen molar-refractivity contribution in [1.29, 1.82) is 0 Å². The van der Waals surface area contributed by atoms with E-state index < -0.39 is 0 Å². The van der Waals surface area contributed by atoms with Gasteiger partial charge in [0.2, 0.25) is 0 Å². The molecule has 4 heteroatoms. The maximum atomic E-state index is 13.5. The first-order chi connectivity index (χ1) is 8.66. The second-order valence-electron chi connectivity index (χ2n) is 3.93. The Labute approximate surface area is 115 Å². The fraction of sp³-hybridized carbons (Fsp3) is 0.143. The van der Waals surface area contributed by atoms with Gasteiger partial charge in [-0.25, -0.2) is 4.39 Å². The highest BCUT2D eigenvalue weighted by Gasteiger charge is 2.06. The maximum Gasteiger partial charge on any atom is 0.128 e. The van der Waals surface area contributed by atoms with E-state index in [1.165, 1.54) is 11.6 Å². The highest BCUT2D eigenvalue weighted by Crippen LogP contribution is 2.25. The van der Waals surface area contributed by atoms with E-state index >= 15 is 0 Å². The molecule has 0 spiro atoms. The Hall–Kier alpha value is -1.19. The van der Waals surface area contributed by atoms with E-state index in [2.05, 4.69) is 0 Å². The van der Waals surface area contributed by atoms with Gasteiger partial charge in [0.05, 0.1) is 0 Å². The minimum absolute atomic E-state index is 0.243. The minimum Gasteiger partial charge on any atom is -0.399 e. The number of benzene rings is 2. The maximum absolute atomic E-state index is 13.5. The van der Waals surface area contributed by atoms with Gasteiger partial charge in [-0.1, -0.05) is 29.8 Å². The van der Waals surface area contributed by atoms with Crippen LogP contribution in [0.25, 0.3) is 0 Å². The van der Waals surface area contributed by atoms with E-state index in [9.17, 15) is 4.39 Å². The van der Waals surface area contributed by atoms with E-state index in [0.717, 1.165) is 11.4 Å². The van der Waals surface area contributed by atoms with Crippen LogP contribution in [-0.4, -0.2) is 0 Å². The molecule has 2 aromatic rings. The summed E-state index contributed by atoms with van der Waals surface area (Å²) in [7, 11) is 0. The van der Waals surface area contributed by atoms with Crippen molar-refractivity contribution in [2.24, 2.45) is 0 Å². The van der Waals surface area contributed by atoms with Crippen LogP contribution in [0.3, 0.4) is 0 Å². The Balaban J connectivity index is 1.94. The molecule has 0 saturated carbocycles. The molecule has 0 aliphatic rings. The molecule has 0 saturated heterocycles. The lowest BCUT2D eigenvalue weighted by Gasteiger charge is -2.06. The second-order valence-corrected chi connectivity index (χ2v) is 5.33. The molecule has 0 bridgehead atoms. The predicted molar refractivity (Wildman–Crippen MR) is 77.3 cm³/mol. The fourth-order valence-corrected chi connectivity index (χ4v) is 2.89. The zero-order valence-corrected chi connectivity index (χ0v) is 11.3. The SMILES string of the molecule is Nc1ccc(CSCc2c(F)cccc2Cl)cc1. The summed E-state index contributed by atoms with van der Waals surface area (Å²) in [4.78, 5) is 0. The smallest absolute Gasteiger partial charge is 0.128 e. The summed E-state index contributed by atoms with van der Waals surface area (Å²) >= 11 is 7.59. The molecule has 2 aromatic carbocycles. The van der Waals surface area contributed by atoms with E-state index in [1.807, 2.05) is 24.3 Å². The zero-order chi connectivity index (χ0) is 13.0. The molecule has 0 heterocycles. The highest BCUT2D eigenvalue weighted by molar-refractivity contribution is 7.97. The first-order valence-corrected chi connectivity index (χ1v) is 7.05. The average Bonchev–Trinajstić information content (AvgIpc) is 2.35. The van der Waals surface area contributed by atoms with Crippen molar-refractivity contribution in [3.05, 3.63) is 64.4 Å². The van der Waals surface area contributed by atoms with Crippen molar-refractivity contribution >= 4 is 29.1 Å². The molecular formula is C14H13ClFNS. The number of anilines is 1. The average molecular weight is 282 g/mol. The molecule has 2 N–H and O–H groups in total. The third-order valence-corrected chi connectivity index (χ3v) is 3.94. The van der Waals surface area contributed by atoms with Crippen LogP contribution in [0.15, 0.2) is 42.5 Å². The quantitative estimate of drug-likeness (QED) is 0.836. The first kappa shape index (κ1) is 13.2. The zero-order valence-electron chi connectivity index (χ0n) is 9.70. The third-order valence-electron chi connectivity index (χ3n) is 2.56. The molecule has 0 aliphatic carbocycles. The van der Waals surface area contributed by atoms with Gasteiger partial charge in [0, 0.05) is 27.8 Å². The minimum atomic E-state index is -0.243. The van der Waals surface area contributed by atoms with Gasteiger partial charge < -0.3 is 5.73 Å². The Morgan fingerprint density at radius 2 is 1.78 bits per heavy atom. The van der Waals surface area contributed by atoms with Crippen LogP contribution in [0.2, 0.25) is 5.02 Å². The van der Waals surface area contributed by atoms with Crippen molar-refractivity contribution < 1.29 is 4.39 Å². The highest BCUT2D eigenvalue weighted by atomic mass is 35.5. The molecule has 0 unspecified atom stereocenters. The van der Waals surface area contributed by atoms with Crippen LogP contribution in [0.4, 0.5) is 10.1 Å². The van der Waals surface area contributed by atoms with Gasteiger partial charge in [0.25, 0.3) is 0 Å². The van der Waals surface area contributed by atoms with Crippen molar-refractivity contribution in [3.8, 4) is 0 Å². The van der Waals surface area contributed by atoms with Gasteiger partial charge >= 0.3 is 0 Å². The molecule has 0 fully saturated rings. The Morgan fingerprint density at radius 1 is 1.06 bits per heavy atom. The molecule has 2 rings (SSSR count). The van der Waals surface area contributed by atoms with E-state index in [-0.39, 0.29) is 5.82 Å². The van der Waals surface area contributed by atoms with E-state index in [1.54, 1.807) is 23.9 Å². The first-order valence-electron chi connectivity index (χ1n) is 5.52. The van der Waals surface area contributed by atoms with E-state index in [4.69, 9.17) is 17.3 Å². The third kappa shape index (κ3) is 3.40. The van der Waals surface area contributed by atoms with Crippen molar-refractivity contribution in [1.82, 2.24) is 0 Å². The van der Waals surface area contributed by atoms with Crippen LogP contribution < -0.4 is 5.73 Å². The summed E-state index contributed by atoms with van der Waals surface area (Å²) in [6.07, 6.45) is 0. The van der Waals surface area contributed by atoms with E-state index in [0.29, 0.717) is 16.3 Å². The second kappa shape index (κ2) is 6.12. The number of rotatable bonds is 4. The van der Waals surface area contributed by atoms with Crippen LogP contribution in [-0.2, 0) is 11.5 Å². The fourth-order valence-electron chi connectivity index (χ4n) is 1.56. The summed E-state index contributed by atoms with van der Waals surface area (Å²) in [5.74, 6) is 1.13. The van der Waals surface area contributed by atoms with Crippen LogP contribution in [0, 0.1) is 5.82 Å². The normalized spacial score (nSPS) is 10.6. The molecule has 0 radical (unpaired) electrons. The number of hydrogen-bond acceptors (Lipinski definition) is 2. The molecule has 18 heavy (non-hydrogen) atoms. The summed E-state index contributed by atoms with van der Waals surface area (Å²) in [5, 5.41) is 0.486. The molecule has 1 nitrogen and oxygen atoms in total. The largest absolute Gasteiger partial charge is 0.399 e. The lowest BCUT2D eigenvalue weighted by molar-refractivity contribution is 0.617. The molecule has 0 aliphatic heterocycles. The van der Waals surface area contributed by atoms with Gasteiger partial charge in [0.1, 0.15) is 5.82 Å². The Bertz CT molecular complexity index is 508. The van der Waals surface area contributed by atoms with Gasteiger partial charge in [-0.2, -0.15) is 11.8 Å². The molecule has 0 atom stereocenters. The summed E-state index contributed by atoms with van der Waals surface area (Å²) in [6.45, 7) is 0. The molecule has 0 aromatic heterocycles. The molecule has 94 valence electrons. The van der Waals surface area contributed by atoms with Gasteiger partial charge in [0.15, 0.2) is 0 Å². The monoisotopic (exact) mass is 281 g/mol. The number of hydrogen-bond donors (Lipinski definition) is 1. The van der Waals surface area contributed by atoms with Crippen molar-refractivity contribution in [2.75, 3.05) is 5.73 Å². The Morgan fingerprint density at radius 3 is 2.44 bits per heavy atom. The summed E-state index contributed by atoms with van der Waals surface area (Å²) in [5.41, 5.74) is 8.10. The summed E-state index contributed by atoms with van der Waals surface area (Å²) < 4.78 is 13.5. The predicted octanol–water partition coefficient (Wildman–Crippen LogP) is 4.49. The number of nitrogens with two attached hydrogens (primary N) is 1. The topological polar surface area (TPSA) is 26.0 Å². The van der Waals surface area contributed by atoms with Crippen molar-refractivity contribution in [2.45, 2.75) is 11.5 Å². The Kier molecular flexibility index (Phi) is 4.50. The summed E-state index contributed by atoms with van der Waals surface area (Å²) in [6, 6.07) is 12.5. The molecular weight excluding hydrogens is 269 g/mol. The van der Waals surface area contributed by atoms with Crippen LogP contribution in [0.5, 0.6) is 0 Å². The van der Waals surface area contributed by atoms with Gasteiger partial charge in [-0.05, 0) is 29.8 Å². The van der Waals surface area contributed by atoms with Crippen LogP contribution in [0.1, 0.15) is 11.1 Å². The molecule has 0 amide bonds. The number of halogens is 2. The van der Waals surface area contributed by atoms with Gasteiger partial charge in [-0.15, -0.1) is 0 Å². The lowest BCUT2D eigenvalue weighted by atomic mass is 10.2. The number of nitrogen functional groups attached to an aromatic ring is 1. The van der Waals surface area contributed by atoms with Crippen molar-refractivity contribution in [3.63, 3.8) is 0 Å². The lowest BCUT2D eigenvalue weighted by Crippen LogP contribution is -1.90.